The first-order valence-corrected chi connectivity index (χ1v) is 10.2. The highest BCUT2D eigenvalue weighted by molar-refractivity contribution is 7.12. The monoisotopic (exact) mass is 392 g/mol. The number of unbranched alkanes of at least 4 members (excludes halogenated alkanes) is 1. The van der Waals surface area contributed by atoms with Gasteiger partial charge in [0.1, 0.15) is 12.4 Å². The second-order valence-electron chi connectivity index (χ2n) is 6.68. The third-order valence-electron chi connectivity index (χ3n) is 4.73. The van der Waals surface area contributed by atoms with Gasteiger partial charge in [0.15, 0.2) is 0 Å². The molecule has 2 heterocycles. The predicted molar refractivity (Wildman–Crippen MR) is 108 cm³/mol. The summed E-state index contributed by atoms with van der Waals surface area (Å²) in [6.45, 7) is 0.822. The highest BCUT2D eigenvalue weighted by Crippen LogP contribution is 2.32. The summed E-state index contributed by atoms with van der Waals surface area (Å²) in [4.78, 5) is 25.5. The number of ketones is 1. The minimum atomic E-state index is -0.292. The Hall–Kier alpha value is -2.92. The van der Waals surface area contributed by atoms with Crippen LogP contribution in [0.2, 0.25) is 0 Å². The van der Waals surface area contributed by atoms with Crippen LogP contribution in [0, 0.1) is 0 Å². The number of aryl methyl sites for hydroxylation is 1. The van der Waals surface area contributed by atoms with Crippen LogP contribution in [0.15, 0.2) is 60.0 Å². The molecular formula is C23H20O4S. The van der Waals surface area contributed by atoms with Crippen LogP contribution in [0.3, 0.4) is 0 Å². The van der Waals surface area contributed by atoms with Gasteiger partial charge in [-0.05, 0) is 60.5 Å². The summed E-state index contributed by atoms with van der Waals surface area (Å²) in [5.74, 6) is 0.394. The smallest absolute Gasteiger partial charge is 0.338 e. The molecule has 1 aromatic heterocycles. The second kappa shape index (κ2) is 8.40. The fraction of sp³-hybridized carbons (Fsp3) is 0.217. The van der Waals surface area contributed by atoms with Gasteiger partial charge in [0.25, 0.3) is 0 Å². The number of benzene rings is 2. The van der Waals surface area contributed by atoms with Gasteiger partial charge in [-0.1, -0.05) is 24.3 Å². The normalized spacial score (nSPS) is 12.5. The molecule has 0 saturated carbocycles. The maximum Gasteiger partial charge on any atom is 0.338 e. The third kappa shape index (κ3) is 3.99. The molecule has 4 rings (SSSR count). The zero-order valence-corrected chi connectivity index (χ0v) is 16.2. The van der Waals surface area contributed by atoms with E-state index in [0.717, 1.165) is 35.3 Å². The molecule has 0 amide bonds. The number of carbonyl (C=O) groups excluding carboxylic acids is 2. The first-order chi connectivity index (χ1) is 13.7. The van der Waals surface area contributed by atoms with Gasteiger partial charge in [0.2, 0.25) is 5.78 Å². The Kier molecular flexibility index (Phi) is 5.53. The molecule has 1 aliphatic heterocycles. The molecule has 28 heavy (non-hydrogen) atoms. The molecule has 0 bridgehead atoms. The molecule has 0 saturated heterocycles. The average Bonchev–Trinajstić information content (AvgIpc) is 3.16. The Balaban J connectivity index is 1.31. The molecule has 0 radical (unpaired) electrons. The standard InChI is InChI=1S/C23H20O4S/c24-21-19-14-16(9-10-20(19)27-15-18-11-13-28-22(18)21)6-4-5-12-26-23(25)17-7-2-1-3-8-17/h1-3,7-11,13-14H,4-6,12,15H2. The maximum atomic E-state index is 12.8. The summed E-state index contributed by atoms with van der Waals surface area (Å²) in [6.07, 6.45) is 2.47. The van der Waals surface area contributed by atoms with Gasteiger partial charge in [0.05, 0.1) is 22.6 Å². The van der Waals surface area contributed by atoms with Crippen molar-refractivity contribution >= 4 is 23.1 Å². The van der Waals surface area contributed by atoms with Crippen molar-refractivity contribution in [2.75, 3.05) is 6.61 Å². The molecule has 0 N–H and O–H groups in total. The van der Waals surface area contributed by atoms with E-state index in [1.807, 2.05) is 47.8 Å². The molecule has 0 spiro atoms. The summed E-state index contributed by atoms with van der Waals surface area (Å²) >= 11 is 1.46. The van der Waals surface area contributed by atoms with Crippen molar-refractivity contribution in [3.8, 4) is 5.75 Å². The van der Waals surface area contributed by atoms with Crippen molar-refractivity contribution < 1.29 is 19.1 Å². The number of hydrogen-bond acceptors (Lipinski definition) is 5. The number of fused-ring (bicyclic) bond motifs is 2. The molecular weight excluding hydrogens is 372 g/mol. The minimum absolute atomic E-state index is 0.0381. The van der Waals surface area contributed by atoms with Crippen molar-refractivity contribution in [2.24, 2.45) is 0 Å². The number of ether oxygens (including phenoxy) is 2. The Morgan fingerprint density at radius 1 is 1.07 bits per heavy atom. The lowest BCUT2D eigenvalue weighted by Crippen LogP contribution is -2.06. The van der Waals surface area contributed by atoms with Crippen molar-refractivity contribution in [3.63, 3.8) is 0 Å². The summed E-state index contributed by atoms with van der Waals surface area (Å²) in [6, 6.07) is 16.8. The quantitative estimate of drug-likeness (QED) is 0.435. The van der Waals surface area contributed by atoms with Crippen LogP contribution in [0.1, 0.15) is 49.6 Å². The Labute approximate surface area is 167 Å². The highest BCUT2D eigenvalue weighted by atomic mass is 32.1. The van der Waals surface area contributed by atoms with E-state index in [1.165, 1.54) is 11.3 Å². The van der Waals surface area contributed by atoms with Crippen LogP contribution in [0.4, 0.5) is 0 Å². The molecule has 4 nitrogen and oxygen atoms in total. The molecule has 3 aromatic rings. The lowest BCUT2D eigenvalue weighted by molar-refractivity contribution is 0.0498. The van der Waals surface area contributed by atoms with Crippen LogP contribution in [0.5, 0.6) is 5.75 Å². The first-order valence-electron chi connectivity index (χ1n) is 9.31. The van der Waals surface area contributed by atoms with E-state index in [-0.39, 0.29) is 11.8 Å². The van der Waals surface area contributed by atoms with Gasteiger partial charge in [0, 0.05) is 5.56 Å². The number of rotatable bonds is 6. The van der Waals surface area contributed by atoms with E-state index >= 15 is 0 Å². The van der Waals surface area contributed by atoms with Gasteiger partial charge >= 0.3 is 5.97 Å². The number of thiophene rings is 1. The molecule has 142 valence electrons. The van der Waals surface area contributed by atoms with Crippen LogP contribution >= 0.6 is 11.3 Å². The van der Waals surface area contributed by atoms with E-state index in [2.05, 4.69) is 0 Å². The molecule has 0 aliphatic carbocycles. The lowest BCUT2D eigenvalue weighted by Gasteiger charge is -2.09. The van der Waals surface area contributed by atoms with E-state index in [0.29, 0.717) is 30.1 Å². The molecule has 2 aromatic carbocycles. The Morgan fingerprint density at radius 3 is 2.79 bits per heavy atom. The highest BCUT2D eigenvalue weighted by Gasteiger charge is 2.23. The van der Waals surface area contributed by atoms with Crippen LogP contribution in [-0.4, -0.2) is 18.4 Å². The van der Waals surface area contributed by atoms with Crippen LogP contribution in [0.25, 0.3) is 0 Å². The van der Waals surface area contributed by atoms with Gasteiger partial charge in [-0.15, -0.1) is 11.3 Å². The van der Waals surface area contributed by atoms with Gasteiger partial charge in [-0.3, -0.25) is 4.79 Å². The SMILES string of the molecule is O=C(OCCCCc1ccc2c(c1)C(=O)c1sccc1CO2)c1ccccc1. The largest absolute Gasteiger partial charge is 0.488 e. The second-order valence-corrected chi connectivity index (χ2v) is 7.60. The minimum Gasteiger partial charge on any atom is -0.488 e. The summed E-state index contributed by atoms with van der Waals surface area (Å²) in [5.41, 5.74) is 3.24. The fourth-order valence-corrected chi connectivity index (χ4v) is 4.08. The number of esters is 1. The third-order valence-corrected chi connectivity index (χ3v) is 5.68. The fourth-order valence-electron chi connectivity index (χ4n) is 3.22. The number of carbonyl (C=O) groups is 2. The predicted octanol–water partition coefficient (Wildman–Crippen LogP) is 5.05. The summed E-state index contributed by atoms with van der Waals surface area (Å²) in [5, 5.41) is 1.93. The zero-order chi connectivity index (χ0) is 19.3. The van der Waals surface area contributed by atoms with Crippen molar-refractivity contribution in [2.45, 2.75) is 25.9 Å². The van der Waals surface area contributed by atoms with Gasteiger partial charge < -0.3 is 9.47 Å². The average molecular weight is 392 g/mol. The lowest BCUT2D eigenvalue weighted by atomic mass is 10.0. The van der Waals surface area contributed by atoms with Gasteiger partial charge in [-0.25, -0.2) is 4.79 Å². The Bertz CT molecular complexity index is 991. The van der Waals surface area contributed by atoms with Crippen LogP contribution < -0.4 is 4.74 Å². The first kappa shape index (κ1) is 18.4. The zero-order valence-electron chi connectivity index (χ0n) is 15.4. The summed E-state index contributed by atoms with van der Waals surface area (Å²) < 4.78 is 11.1. The van der Waals surface area contributed by atoms with E-state index in [4.69, 9.17) is 9.47 Å². The Morgan fingerprint density at radius 2 is 1.93 bits per heavy atom. The molecule has 0 fully saturated rings. The number of hydrogen-bond donors (Lipinski definition) is 0. The summed E-state index contributed by atoms with van der Waals surface area (Å²) in [7, 11) is 0. The van der Waals surface area contributed by atoms with Crippen LogP contribution in [-0.2, 0) is 17.8 Å². The van der Waals surface area contributed by atoms with Crippen molar-refractivity contribution in [3.05, 3.63) is 87.1 Å². The van der Waals surface area contributed by atoms with E-state index in [1.54, 1.807) is 12.1 Å². The van der Waals surface area contributed by atoms with Gasteiger partial charge in [-0.2, -0.15) is 0 Å². The van der Waals surface area contributed by atoms with E-state index in [9.17, 15) is 9.59 Å². The van der Waals surface area contributed by atoms with Crippen molar-refractivity contribution in [1.29, 1.82) is 0 Å². The molecule has 1 aliphatic rings. The molecule has 0 unspecified atom stereocenters. The van der Waals surface area contributed by atoms with Crippen molar-refractivity contribution in [1.82, 2.24) is 0 Å². The molecule has 5 heteroatoms. The topological polar surface area (TPSA) is 52.6 Å². The molecule has 0 atom stereocenters. The maximum absolute atomic E-state index is 12.8. The van der Waals surface area contributed by atoms with E-state index < -0.39 is 0 Å².